The lowest BCUT2D eigenvalue weighted by atomic mass is 10.1. The Balaban J connectivity index is 0. The molecule has 0 bridgehead atoms. The average molecular weight is 541 g/mol. The van der Waals surface area contributed by atoms with Crippen molar-refractivity contribution < 1.29 is 22.3 Å². The minimum Gasteiger partial charge on any atom is -0.400 e. The Kier molecular flexibility index (Phi) is 17.9. The van der Waals surface area contributed by atoms with Gasteiger partial charge in [-0.25, -0.2) is 21.7 Å². The van der Waals surface area contributed by atoms with Gasteiger partial charge in [0, 0.05) is 62.2 Å². The van der Waals surface area contributed by atoms with Crippen LogP contribution in [0, 0.1) is 0 Å². The van der Waals surface area contributed by atoms with Gasteiger partial charge in [-0.2, -0.15) is 8.42 Å². The first-order valence-corrected chi connectivity index (χ1v) is 12.7. The molecule has 214 valence electrons. The number of hydrazine groups is 3. The summed E-state index contributed by atoms with van der Waals surface area (Å²) in [4.78, 5) is 1.88. The second-order valence-electron chi connectivity index (χ2n) is 8.64. The summed E-state index contributed by atoms with van der Waals surface area (Å²) in [6.07, 6.45) is 4.72. The van der Waals surface area contributed by atoms with Crippen LogP contribution >= 0.6 is 0 Å². The fourth-order valence-electron chi connectivity index (χ4n) is 2.47. The molecule has 0 aliphatic carbocycles. The SMILES string of the molecule is CC.CN(N)/C(=C\NC(C)(C)C)CN(C/C(N)=C/N(N)CCO)C/C(N)=C/N(N)CCOS(=O)(=O)O. The van der Waals surface area contributed by atoms with Gasteiger partial charge in [0.25, 0.3) is 0 Å². The molecule has 0 fully saturated rings. The highest BCUT2D eigenvalue weighted by Crippen LogP contribution is 2.07. The van der Waals surface area contributed by atoms with Crippen molar-refractivity contribution in [1.82, 2.24) is 25.2 Å². The number of nitrogens with two attached hydrogens (primary N) is 5. The summed E-state index contributed by atoms with van der Waals surface area (Å²) in [5, 5.41) is 16.1. The van der Waals surface area contributed by atoms with E-state index in [-0.39, 0.29) is 44.9 Å². The van der Waals surface area contributed by atoms with Gasteiger partial charge in [0.05, 0.1) is 32.0 Å². The number of nitrogens with zero attached hydrogens (tertiary/aromatic N) is 4. The molecule has 0 aromatic heterocycles. The van der Waals surface area contributed by atoms with Gasteiger partial charge >= 0.3 is 10.4 Å². The van der Waals surface area contributed by atoms with E-state index in [1.54, 1.807) is 13.2 Å². The van der Waals surface area contributed by atoms with Gasteiger partial charge in [-0.05, 0) is 20.8 Å². The highest BCUT2D eigenvalue weighted by Gasteiger charge is 2.15. The van der Waals surface area contributed by atoms with Crippen LogP contribution in [0.25, 0.3) is 0 Å². The summed E-state index contributed by atoms with van der Waals surface area (Å²) in [6.45, 7) is 10.5. The van der Waals surface area contributed by atoms with Crippen LogP contribution in [0.3, 0.4) is 0 Å². The Hall–Kier alpha value is -2.31. The molecule has 13 N–H and O–H groups in total. The lowest BCUT2D eigenvalue weighted by Gasteiger charge is -2.29. The number of nitrogens with one attached hydrogen (secondary N) is 1. The van der Waals surface area contributed by atoms with Crippen molar-refractivity contribution in [2.24, 2.45) is 29.0 Å². The molecule has 0 heterocycles. The normalized spacial score (nSPS) is 13.3. The fraction of sp³-hybridized carbons (Fsp3) is 0.700. The molecule has 16 heteroatoms. The molecule has 0 saturated carbocycles. The van der Waals surface area contributed by atoms with Crippen LogP contribution in [0.15, 0.2) is 35.7 Å². The molecule has 0 radical (unpaired) electrons. The van der Waals surface area contributed by atoms with Crippen molar-refractivity contribution in [3.63, 3.8) is 0 Å². The molecular weight excluding hydrogens is 492 g/mol. The van der Waals surface area contributed by atoms with Crippen LogP contribution < -0.4 is 34.3 Å². The standard InChI is InChI=1S/C18H42N10O5S.C2H6/c1-18(2,3)24-9-17(25(4)21)14-26(10-15(19)12-27(22)5-7-29)11-16(20)13-28(23)6-8-33-34(30,31)32;1-2/h9,12-13,24,29H,5-8,10-11,14,19-23H2,1-4H3,(H,30,31,32);1-2H3/b15-12-,16-13-,17-9-;. The maximum absolute atomic E-state index is 10.6. The predicted molar refractivity (Wildman–Crippen MR) is 142 cm³/mol. The van der Waals surface area contributed by atoms with Crippen LogP contribution in [-0.4, -0.2) is 96.5 Å². The summed E-state index contributed by atoms with van der Waals surface area (Å²) >= 11 is 0. The van der Waals surface area contributed by atoms with Gasteiger partial charge < -0.3 is 36.9 Å². The largest absolute Gasteiger partial charge is 0.400 e. The van der Waals surface area contributed by atoms with E-state index in [1.165, 1.54) is 22.4 Å². The molecule has 36 heavy (non-hydrogen) atoms. The van der Waals surface area contributed by atoms with Crippen molar-refractivity contribution in [3.8, 4) is 0 Å². The summed E-state index contributed by atoms with van der Waals surface area (Å²) in [5.41, 5.74) is 13.6. The smallest absolute Gasteiger partial charge is 0.397 e. The molecule has 0 saturated heterocycles. The van der Waals surface area contributed by atoms with Crippen LogP contribution in [-0.2, 0) is 14.6 Å². The maximum atomic E-state index is 10.6. The minimum atomic E-state index is -4.55. The fourth-order valence-corrected chi connectivity index (χ4v) is 2.76. The summed E-state index contributed by atoms with van der Waals surface area (Å²) in [6, 6.07) is 0. The van der Waals surface area contributed by atoms with Crippen molar-refractivity contribution in [3.05, 3.63) is 35.7 Å². The summed E-state index contributed by atoms with van der Waals surface area (Å²) in [5.74, 6) is 17.6. The van der Waals surface area contributed by atoms with Gasteiger partial charge in [-0.1, -0.05) is 13.8 Å². The van der Waals surface area contributed by atoms with Gasteiger partial charge in [0.2, 0.25) is 0 Å². The second kappa shape index (κ2) is 18.0. The maximum Gasteiger partial charge on any atom is 0.397 e. The van der Waals surface area contributed by atoms with Crippen molar-refractivity contribution in [1.29, 1.82) is 0 Å². The van der Waals surface area contributed by atoms with E-state index in [0.29, 0.717) is 17.9 Å². The van der Waals surface area contributed by atoms with Crippen LogP contribution in [0.1, 0.15) is 34.6 Å². The summed E-state index contributed by atoms with van der Waals surface area (Å²) < 4.78 is 34.1. The third-order valence-electron chi connectivity index (χ3n) is 3.93. The molecule has 0 rings (SSSR count). The Morgan fingerprint density at radius 3 is 1.83 bits per heavy atom. The number of aliphatic hydroxyl groups excluding tert-OH is 1. The third-order valence-corrected chi connectivity index (χ3v) is 4.39. The van der Waals surface area contributed by atoms with Crippen molar-refractivity contribution >= 4 is 10.4 Å². The zero-order chi connectivity index (χ0) is 28.5. The Labute approximate surface area is 216 Å². The average Bonchev–Trinajstić information content (AvgIpc) is 2.70. The Morgan fingerprint density at radius 2 is 1.44 bits per heavy atom. The lowest BCUT2D eigenvalue weighted by molar-refractivity contribution is 0.231. The summed E-state index contributed by atoms with van der Waals surface area (Å²) in [7, 11) is -2.85. The van der Waals surface area contributed by atoms with Crippen molar-refractivity contribution in [2.45, 2.75) is 40.2 Å². The molecule has 0 atom stereocenters. The monoisotopic (exact) mass is 540 g/mol. The topological polar surface area (TPSA) is 239 Å². The Bertz CT molecular complexity index is 797. The number of rotatable bonds is 16. The van der Waals surface area contributed by atoms with Gasteiger partial charge in [0.15, 0.2) is 0 Å². The minimum absolute atomic E-state index is 0.0436. The number of hydrogen-bond acceptors (Lipinski definition) is 14. The highest BCUT2D eigenvalue weighted by atomic mass is 32.3. The van der Waals surface area contributed by atoms with Gasteiger partial charge in [-0.15, -0.1) is 0 Å². The van der Waals surface area contributed by atoms with E-state index < -0.39 is 10.4 Å². The van der Waals surface area contributed by atoms with Crippen molar-refractivity contribution in [2.75, 3.05) is 53.0 Å². The molecule has 0 amide bonds. The van der Waals surface area contributed by atoms with Crippen LogP contribution in [0.4, 0.5) is 0 Å². The molecule has 0 aromatic rings. The first-order chi connectivity index (χ1) is 16.5. The quantitative estimate of drug-likeness (QED) is 0.0606. The van der Waals surface area contributed by atoms with E-state index in [2.05, 4.69) is 9.50 Å². The highest BCUT2D eigenvalue weighted by molar-refractivity contribution is 7.80. The first kappa shape index (κ1) is 35.8. The van der Waals surface area contributed by atoms with E-state index in [1.807, 2.05) is 39.5 Å². The first-order valence-electron chi connectivity index (χ1n) is 11.4. The zero-order valence-corrected chi connectivity index (χ0v) is 23.2. The molecule has 15 nitrogen and oxygen atoms in total. The second-order valence-corrected chi connectivity index (χ2v) is 9.73. The molecule has 0 unspecified atom stereocenters. The number of aliphatic hydroxyl groups is 1. The molecule has 0 spiro atoms. The van der Waals surface area contributed by atoms with Crippen LogP contribution in [0.5, 0.6) is 0 Å². The van der Waals surface area contributed by atoms with Gasteiger partial charge in [0.1, 0.15) is 0 Å². The van der Waals surface area contributed by atoms with E-state index in [9.17, 15) is 8.42 Å². The van der Waals surface area contributed by atoms with Crippen LogP contribution in [0.2, 0.25) is 0 Å². The molecule has 0 aliphatic heterocycles. The lowest BCUT2D eigenvalue weighted by Crippen LogP contribution is -2.41. The van der Waals surface area contributed by atoms with E-state index >= 15 is 0 Å². The zero-order valence-electron chi connectivity index (χ0n) is 22.4. The molecule has 0 aromatic carbocycles. The predicted octanol–water partition coefficient (Wildman–Crippen LogP) is -1.89. The Morgan fingerprint density at radius 1 is 0.972 bits per heavy atom. The molecular formula is C20H48N10O5S. The van der Waals surface area contributed by atoms with E-state index in [0.717, 1.165) is 10.7 Å². The number of likely N-dealkylation sites (N-methyl/N-ethyl adjacent to an activating group) is 1. The van der Waals surface area contributed by atoms with E-state index in [4.69, 9.17) is 38.7 Å². The number of hydrogen-bond donors (Lipinski definition) is 8. The third kappa shape index (κ3) is 21.0. The molecule has 0 aliphatic rings. The van der Waals surface area contributed by atoms with Gasteiger partial charge in [-0.3, -0.25) is 9.45 Å².